The van der Waals surface area contributed by atoms with Gasteiger partial charge in [0.15, 0.2) is 0 Å². The third kappa shape index (κ3) is 4.55. The highest BCUT2D eigenvalue weighted by atomic mass is 16.5. The van der Waals surface area contributed by atoms with Crippen LogP contribution in [0.1, 0.15) is 18.9 Å². The van der Waals surface area contributed by atoms with E-state index in [4.69, 9.17) is 10.00 Å². The molecule has 4 nitrogen and oxygen atoms in total. The minimum atomic E-state index is -0.528. The number of ether oxygens (including phenoxy) is 1. The van der Waals surface area contributed by atoms with Crippen LogP contribution in [0.5, 0.6) is 5.75 Å². The number of nitrogens with zero attached hydrogens (tertiary/aromatic N) is 1. The molecule has 3 atom stereocenters. The van der Waals surface area contributed by atoms with Gasteiger partial charge in [0.05, 0.1) is 11.6 Å². The molecular formula is C15H20N2O2. The van der Waals surface area contributed by atoms with E-state index >= 15 is 0 Å². The molecule has 102 valence electrons. The van der Waals surface area contributed by atoms with Gasteiger partial charge >= 0.3 is 0 Å². The summed E-state index contributed by atoms with van der Waals surface area (Å²) >= 11 is 0. The quantitative estimate of drug-likeness (QED) is 0.780. The SMILES string of the molecule is CC1CC1CNCC(O)COc1cccc(C#N)c1. The number of rotatable bonds is 7. The normalized spacial score (nSPS) is 22.6. The molecule has 1 aliphatic rings. The van der Waals surface area contributed by atoms with Crippen LogP contribution in [-0.2, 0) is 0 Å². The number of nitrogens with one attached hydrogen (secondary N) is 1. The fourth-order valence-corrected chi connectivity index (χ4v) is 2.03. The molecule has 4 heteroatoms. The van der Waals surface area contributed by atoms with Gasteiger partial charge in [0.25, 0.3) is 0 Å². The maximum absolute atomic E-state index is 9.78. The lowest BCUT2D eigenvalue weighted by Gasteiger charge is -2.13. The van der Waals surface area contributed by atoms with Crippen LogP contribution in [0.15, 0.2) is 24.3 Å². The Morgan fingerprint density at radius 1 is 1.58 bits per heavy atom. The van der Waals surface area contributed by atoms with Crippen molar-refractivity contribution in [2.45, 2.75) is 19.4 Å². The predicted molar refractivity (Wildman–Crippen MR) is 72.8 cm³/mol. The zero-order valence-corrected chi connectivity index (χ0v) is 11.2. The highest BCUT2D eigenvalue weighted by Crippen LogP contribution is 2.36. The number of aliphatic hydroxyl groups is 1. The Labute approximate surface area is 114 Å². The monoisotopic (exact) mass is 260 g/mol. The van der Waals surface area contributed by atoms with Crippen molar-refractivity contribution in [3.8, 4) is 11.8 Å². The highest BCUT2D eigenvalue weighted by Gasteiger charge is 2.31. The van der Waals surface area contributed by atoms with Crippen LogP contribution in [0.3, 0.4) is 0 Å². The van der Waals surface area contributed by atoms with Crippen LogP contribution in [-0.4, -0.2) is 30.9 Å². The minimum Gasteiger partial charge on any atom is -0.491 e. The fourth-order valence-electron chi connectivity index (χ4n) is 2.03. The van der Waals surface area contributed by atoms with E-state index in [-0.39, 0.29) is 6.61 Å². The molecule has 1 aromatic rings. The number of nitriles is 1. The largest absolute Gasteiger partial charge is 0.491 e. The maximum atomic E-state index is 9.78. The summed E-state index contributed by atoms with van der Waals surface area (Å²) in [6.45, 7) is 4.00. The first kappa shape index (κ1) is 13.9. The van der Waals surface area contributed by atoms with Crippen LogP contribution >= 0.6 is 0 Å². The molecule has 0 heterocycles. The van der Waals surface area contributed by atoms with Crippen LogP contribution < -0.4 is 10.1 Å². The molecule has 0 aliphatic heterocycles. The van der Waals surface area contributed by atoms with Gasteiger partial charge in [0.2, 0.25) is 0 Å². The third-order valence-corrected chi connectivity index (χ3v) is 3.47. The molecule has 0 saturated heterocycles. The smallest absolute Gasteiger partial charge is 0.120 e. The summed E-state index contributed by atoms with van der Waals surface area (Å²) in [7, 11) is 0. The summed E-state index contributed by atoms with van der Waals surface area (Å²) in [5.41, 5.74) is 0.563. The van der Waals surface area contributed by atoms with Crippen molar-refractivity contribution in [1.29, 1.82) is 5.26 Å². The summed E-state index contributed by atoms with van der Waals surface area (Å²) in [5.74, 6) is 2.23. The van der Waals surface area contributed by atoms with E-state index in [9.17, 15) is 5.11 Å². The second-order valence-electron chi connectivity index (χ2n) is 5.24. The van der Waals surface area contributed by atoms with E-state index < -0.39 is 6.10 Å². The highest BCUT2D eigenvalue weighted by molar-refractivity contribution is 5.36. The molecule has 0 aromatic heterocycles. The summed E-state index contributed by atoms with van der Waals surface area (Å²) in [6.07, 6.45) is 0.764. The van der Waals surface area contributed by atoms with Crippen molar-refractivity contribution in [1.82, 2.24) is 5.32 Å². The number of hydrogen-bond donors (Lipinski definition) is 2. The average molecular weight is 260 g/mol. The summed E-state index contributed by atoms with van der Waals surface area (Å²) < 4.78 is 5.46. The van der Waals surface area contributed by atoms with Crippen LogP contribution in [0, 0.1) is 23.2 Å². The lowest BCUT2D eigenvalue weighted by Crippen LogP contribution is -2.32. The molecule has 19 heavy (non-hydrogen) atoms. The van der Waals surface area contributed by atoms with E-state index in [1.807, 2.05) is 0 Å². The minimum absolute atomic E-state index is 0.238. The molecule has 0 radical (unpaired) electrons. The summed E-state index contributed by atoms with van der Waals surface area (Å²) in [6, 6.07) is 9.01. The average Bonchev–Trinajstić information content (AvgIpc) is 3.12. The van der Waals surface area contributed by atoms with Crippen molar-refractivity contribution in [2.75, 3.05) is 19.7 Å². The summed E-state index contributed by atoms with van der Waals surface area (Å²) in [5, 5.41) is 21.8. The van der Waals surface area contributed by atoms with Gasteiger partial charge in [-0.1, -0.05) is 13.0 Å². The van der Waals surface area contributed by atoms with Gasteiger partial charge in [-0.05, 0) is 43.0 Å². The number of aliphatic hydroxyl groups excluding tert-OH is 1. The molecule has 1 aliphatic carbocycles. The van der Waals surface area contributed by atoms with Crippen LogP contribution in [0.4, 0.5) is 0 Å². The van der Waals surface area contributed by atoms with Crippen molar-refractivity contribution in [3.63, 3.8) is 0 Å². The Hall–Kier alpha value is -1.57. The van der Waals surface area contributed by atoms with Gasteiger partial charge in [-0.25, -0.2) is 0 Å². The van der Waals surface area contributed by atoms with Crippen molar-refractivity contribution >= 4 is 0 Å². The topological polar surface area (TPSA) is 65.3 Å². The van der Waals surface area contributed by atoms with E-state index in [0.717, 1.165) is 18.4 Å². The Morgan fingerprint density at radius 2 is 2.37 bits per heavy atom. The molecule has 2 N–H and O–H groups in total. The predicted octanol–water partition coefficient (Wildman–Crippen LogP) is 1.54. The lowest BCUT2D eigenvalue weighted by atomic mass is 10.2. The molecule has 1 saturated carbocycles. The molecule has 1 fully saturated rings. The van der Waals surface area contributed by atoms with Gasteiger partial charge in [-0.2, -0.15) is 5.26 Å². The fraction of sp³-hybridized carbons (Fsp3) is 0.533. The van der Waals surface area contributed by atoms with Gasteiger partial charge in [0, 0.05) is 6.54 Å². The first-order chi connectivity index (χ1) is 9.19. The molecule has 0 amide bonds. The van der Waals surface area contributed by atoms with Crippen molar-refractivity contribution < 1.29 is 9.84 Å². The van der Waals surface area contributed by atoms with E-state index in [1.54, 1.807) is 24.3 Å². The van der Waals surface area contributed by atoms with Crippen molar-refractivity contribution in [3.05, 3.63) is 29.8 Å². The Bertz CT molecular complexity index is 456. The first-order valence-corrected chi connectivity index (χ1v) is 6.71. The zero-order chi connectivity index (χ0) is 13.7. The Balaban J connectivity index is 1.65. The number of benzene rings is 1. The van der Waals surface area contributed by atoms with E-state index in [0.29, 0.717) is 17.9 Å². The van der Waals surface area contributed by atoms with Crippen molar-refractivity contribution in [2.24, 2.45) is 11.8 Å². The second-order valence-corrected chi connectivity index (χ2v) is 5.24. The Kier molecular flexibility index (Phi) is 4.78. The molecular weight excluding hydrogens is 240 g/mol. The van der Waals surface area contributed by atoms with Gasteiger partial charge in [-0.3, -0.25) is 0 Å². The zero-order valence-electron chi connectivity index (χ0n) is 11.2. The molecule has 0 spiro atoms. The van der Waals surface area contributed by atoms with E-state index in [2.05, 4.69) is 18.3 Å². The van der Waals surface area contributed by atoms with Crippen LogP contribution in [0.25, 0.3) is 0 Å². The van der Waals surface area contributed by atoms with E-state index in [1.165, 1.54) is 6.42 Å². The molecule has 0 bridgehead atoms. The molecule has 3 unspecified atom stereocenters. The first-order valence-electron chi connectivity index (χ1n) is 6.71. The maximum Gasteiger partial charge on any atom is 0.120 e. The second kappa shape index (κ2) is 6.55. The summed E-state index contributed by atoms with van der Waals surface area (Å²) in [4.78, 5) is 0. The lowest BCUT2D eigenvalue weighted by molar-refractivity contribution is 0.106. The number of hydrogen-bond acceptors (Lipinski definition) is 4. The van der Waals surface area contributed by atoms with Gasteiger partial charge < -0.3 is 15.2 Å². The van der Waals surface area contributed by atoms with Gasteiger partial charge in [-0.15, -0.1) is 0 Å². The Morgan fingerprint density at radius 3 is 3.05 bits per heavy atom. The molecule has 1 aromatic carbocycles. The van der Waals surface area contributed by atoms with Crippen LogP contribution in [0.2, 0.25) is 0 Å². The standard InChI is InChI=1S/C15H20N2O2/c1-11-5-13(11)8-17-9-14(18)10-19-15-4-2-3-12(6-15)7-16/h2-4,6,11,13-14,17-18H,5,8-10H2,1H3. The third-order valence-electron chi connectivity index (χ3n) is 3.47. The molecule has 2 rings (SSSR count). The van der Waals surface area contributed by atoms with Gasteiger partial charge in [0.1, 0.15) is 18.5 Å².